The Balaban J connectivity index is 4.67. The first-order valence-electron chi connectivity index (χ1n) is 6.51. The van der Waals surface area contributed by atoms with Gasteiger partial charge < -0.3 is 14.9 Å². The smallest absolute Gasteiger partial charge is 0.309 e. The minimum Gasteiger partial charge on any atom is -0.459 e. The minimum atomic E-state index is -1.04. The average molecular weight is 260 g/mol. The topological polar surface area (TPSA) is 66.8 Å². The molecule has 0 aliphatic heterocycles. The van der Waals surface area contributed by atoms with Crippen LogP contribution in [-0.2, 0) is 9.53 Å². The van der Waals surface area contributed by atoms with E-state index in [1.165, 1.54) is 0 Å². The van der Waals surface area contributed by atoms with E-state index in [0.717, 1.165) is 6.42 Å². The summed E-state index contributed by atoms with van der Waals surface area (Å²) in [6.45, 7) is 11.8. The summed E-state index contributed by atoms with van der Waals surface area (Å²) in [6, 6.07) is 0. The zero-order chi connectivity index (χ0) is 14.6. The van der Waals surface area contributed by atoms with Gasteiger partial charge in [0, 0.05) is 0 Å². The third kappa shape index (κ3) is 6.36. The van der Waals surface area contributed by atoms with E-state index in [9.17, 15) is 9.90 Å². The Kier molecular flexibility index (Phi) is 6.30. The maximum atomic E-state index is 11.7. The third-order valence-electron chi connectivity index (χ3n) is 3.06. The van der Waals surface area contributed by atoms with E-state index in [-0.39, 0.29) is 17.8 Å². The van der Waals surface area contributed by atoms with Gasteiger partial charge in [-0.25, -0.2) is 0 Å². The molecule has 4 heteroatoms. The van der Waals surface area contributed by atoms with E-state index >= 15 is 0 Å². The van der Waals surface area contributed by atoms with Crippen LogP contribution in [0.2, 0.25) is 0 Å². The largest absolute Gasteiger partial charge is 0.459 e. The van der Waals surface area contributed by atoms with Crippen molar-refractivity contribution < 1.29 is 19.7 Å². The lowest BCUT2D eigenvalue weighted by Crippen LogP contribution is -2.41. The highest BCUT2D eigenvalue weighted by Crippen LogP contribution is 2.35. The molecule has 0 aromatic carbocycles. The van der Waals surface area contributed by atoms with E-state index in [1.54, 1.807) is 0 Å². The van der Waals surface area contributed by atoms with Gasteiger partial charge in [0.15, 0.2) is 0 Å². The van der Waals surface area contributed by atoms with Crippen LogP contribution < -0.4 is 0 Å². The number of carbonyl (C=O) groups is 1. The first-order chi connectivity index (χ1) is 8.00. The predicted octanol–water partition coefficient (Wildman–Crippen LogP) is 2.12. The molecule has 0 saturated heterocycles. The van der Waals surface area contributed by atoms with Crippen molar-refractivity contribution in [3.05, 3.63) is 0 Å². The normalized spacial score (nSPS) is 17.4. The van der Waals surface area contributed by atoms with Gasteiger partial charge in [-0.15, -0.1) is 0 Å². The van der Waals surface area contributed by atoms with E-state index in [0.29, 0.717) is 0 Å². The molecule has 0 fully saturated rings. The molecule has 0 aliphatic carbocycles. The Morgan fingerprint density at radius 2 is 1.72 bits per heavy atom. The SMILES string of the molecule is CC(C)C(C)(CC(C)(C)C)OC(=O)CC(O)CO. The molecule has 0 radical (unpaired) electrons. The summed E-state index contributed by atoms with van der Waals surface area (Å²) in [4.78, 5) is 11.7. The lowest BCUT2D eigenvalue weighted by atomic mass is 9.77. The van der Waals surface area contributed by atoms with Gasteiger partial charge in [0.2, 0.25) is 0 Å². The highest BCUT2D eigenvalue weighted by Gasteiger charge is 2.36. The van der Waals surface area contributed by atoms with Crippen LogP contribution in [0.5, 0.6) is 0 Å². The van der Waals surface area contributed by atoms with Crippen LogP contribution in [0.3, 0.4) is 0 Å². The van der Waals surface area contributed by atoms with Crippen LogP contribution in [0.25, 0.3) is 0 Å². The number of rotatable bonds is 6. The fraction of sp³-hybridized carbons (Fsp3) is 0.929. The summed E-state index contributed by atoms with van der Waals surface area (Å²) in [6.07, 6.45) is -0.453. The summed E-state index contributed by atoms with van der Waals surface area (Å²) in [5.74, 6) is -0.274. The molecule has 18 heavy (non-hydrogen) atoms. The van der Waals surface area contributed by atoms with Crippen molar-refractivity contribution in [2.45, 2.75) is 66.1 Å². The van der Waals surface area contributed by atoms with Crippen LogP contribution in [0, 0.1) is 11.3 Å². The van der Waals surface area contributed by atoms with Crippen LogP contribution in [0.4, 0.5) is 0 Å². The minimum absolute atomic E-state index is 0.0505. The Bertz CT molecular complexity index is 267. The number of ether oxygens (including phenoxy) is 1. The average Bonchev–Trinajstić information content (AvgIpc) is 2.13. The first-order valence-corrected chi connectivity index (χ1v) is 6.51. The quantitative estimate of drug-likeness (QED) is 0.718. The van der Waals surface area contributed by atoms with Crippen molar-refractivity contribution in [1.82, 2.24) is 0 Å². The molecule has 0 aliphatic rings. The summed E-state index contributed by atoms with van der Waals surface area (Å²) in [5, 5.41) is 18.0. The third-order valence-corrected chi connectivity index (χ3v) is 3.06. The molecule has 0 heterocycles. The molecule has 2 N–H and O–H groups in total. The molecule has 2 atom stereocenters. The molecule has 0 bridgehead atoms. The van der Waals surface area contributed by atoms with Gasteiger partial charge in [0.1, 0.15) is 5.60 Å². The van der Waals surface area contributed by atoms with Crippen molar-refractivity contribution in [3.8, 4) is 0 Å². The van der Waals surface area contributed by atoms with Crippen LogP contribution in [0.1, 0.15) is 54.4 Å². The summed E-state index contributed by atoms with van der Waals surface area (Å²) in [5.41, 5.74) is -0.501. The molecule has 4 nitrogen and oxygen atoms in total. The van der Waals surface area contributed by atoms with E-state index < -0.39 is 24.3 Å². The summed E-state index contributed by atoms with van der Waals surface area (Å²) >= 11 is 0. The summed E-state index contributed by atoms with van der Waals surface area (Å²) in [7, 11) is 0. The lowest BCUT2D eigenvalue weighted by molar-refractivity contribution is -0.169. The molecule has 0 aromatic heterocycles. The van der Waals surface area contributed by atoms with Crippen LogP contribution in [-0.4, -0.2) is 34.5 Å². The standard InChI is InChI=1S/C14H28O4/c1-10(2)14(6,9-13(3,4)5)18-12(17)7-11(16)8-15/h10-11,15-16H,7-9H2,1-6H3. The Hall–Kier alpha value is -0.610. The van der Waals surface area contributed by atoms with Gasteiger partial charge >= 0.3 is 5.97 Å². The Morgan fingerprint density at radius 3 is 2.06 bits per heavy atom. The predicted molar refractivity (Wildman–Crippen MR) is 71.1 cm³/mol. The maximum Gasteiger partial charge on any atom is 0.309 e. The number of hydrogen-bond acceptors (Lipinski definition) is 4. The van der Waals surface area contributed by atoms with Crippen molar-refractivity contribution in [2.24, 2.45) is 11.3 Å². The molecule has 0 rings (SSSR count). The molecule has 0 saturated carbocycles. The summed E-state index contributed by atoms with van der Waals surface area (Å²) < 4.78 is 5.54. The van der Waals surface area contributed by atoms with E-state index in [2.05, 4.69) is 20.8 Å². The van der Waals surface area contributed by atoms with Gasteiger partial charge in [-0.3, -0.25) is 4.79 Å². The molecule has 2 unspecified atom stereocenters. The number of esters is 1. The Morgan fingerprint density at radius 1 is 1.22 bits per heavy atom. The molecule has 0 spiro atoms. The van der Waals surface area contributed by atoms with Crippen molar-refractivity contribution >= 4 is 5.97 Å². The highest BCUT2D eigenvalue weighted by molar-refractivity contribution is 5.70. The molecule has 0 aromatic rings. The molecule has 0 amide bonds. The Labute approximate surface area is 110 Å². The zero-order valence-corrected chi connectivity index (χ0v) is 12.5. The number of aliphatic hydroxyl groups is 2. The maximum absolute atomic E-state index is 11.7. The second-order valence-corrected chi connectivity index (χ2v) is 6.72. The van der Waals surface area contributed by atoms with Gasteiger partial charge in [-0.05, 0) is 24.7 Å². The van der Waals surface area contributed by atoms with Gasteiger partial charge in [0.05, 0.1) is 19.1 Å². The van der Waals surface area contributed by atoms with Crippen molar-refractivity contribution in [2.75, 3.05) is 6.61 Å². The second-order valence-electron chi connectivity index (χ2n) is 6.72. The van der Waals surface area contributed by atoms with Gasteiger partial charge in [-0.2, -0.15) is 0 Å². The van der Waals surface area contributed by atoms with Gasteiger partial charge in [-0.1, -0.05) is 34.6 Å². The van der Waals surface area contributed by atoms with Gasteiger partial charge in [0.25, 0.3) is 0 Å². The fourth-order valence-corrected chi connectivity index (χ4v) is 1.97. The number of carbonyl (C=O) groups excluding carboxylic acids is 1. The van der Waals surface area contributed by atoms with E-state index in [1.807, 2.05) is 20.8 Å². The monoisotopic (exact) mass is 260 g/mol. The van der Waals surface area contributed by atoms with Crippen LogP contribution in [0.15, 0.2) is 0 Å². The molecule has 108 valence electrons. The molecular weight excluding hydrogens is 232 g/mol. The second kappa shape index (κ2) is 6.53. The fourth-order valence-electron chi connectivity index (χ4n) is 1.97. The lowest BCUT2D eigenvalue weighted by Gasteiger charge is -2.38. The number of hydrogen-bond donors (Lipinski definition) is 2. The molecular formula is C14H28O4. The number of aliphatic hydroxyl groups excluding tert-OH is 2. The van der Waals surface area contributed by atoms with Crippen LogP contribution >= 0.6 is 0 Å². The van der Waals surface area contributed by atoms with Crippen molar-refractivity contribution in [3.63, 3.8) is 0 Å². The van der Waals surface area contributed by atoms with E-state index in [4.69, 9.17) is 9.84 Å². The highest BCUT2D eigenvalue weighted by atomic mass is 16.6. The zero-order valence-electron chi connectivity index (χ0n) is 12.5. The van der Waals surface area contributed by atoms with Crippen molar-refractivity contribution in [1.29, 1.82) is 0 Å². The first kappa shape index (κ1) is 17.4.